The van der Waals surface area contributed by atoms with Crippen molar-refractivity contribution >= 4 is 0 Å². The zero-order valence-electron chi connectivity index (χ0n) is 8.26. The second-order valence-electron chi connectivity index (χ2n) is 4.83. The Bertz CT molecular complexity index is 130. The predicted octanol–water partition coefficient (Wildman–Crippen LogP) is 2.52. The molecule has 2 unspecified atom stereocenters. The van der Waals surface area contributed by atoms with Gasteiger partial charge in [0.2, 0.25) is 0 Å². The van der Waals surface area contributed by atoms with Gasteiger partial charge in [-0.05, 0) is 38.1 Å². The van der Waals surface area contributed by atoms with Crippen molar-refractivity contribution in [3.05, 3.63) is 0 Å². The first-order valence-corrected chi connectivity index (χ1v) is 5.53. The van der Waals surface area contributed by atoms with Crippen LogP contribution in [0.3, 0.4) is 0 Å². The lowest BCUT2D eigenvalue weighted by atomic mass is 9.81. The fraction of sp³-hybridized carbons (Fsp3) is 1.00. The normalized spacial score (nSPS) is 38.8. The molecule has 2 fully saturated rings. The SMILES string of the molecule is CN1CC2CCCCCC(C2)C1. The third-order valence-electron chi connectivity index (χ3n) is 3.53. The summed E-state index contributed by atoms with van der Waals surface area (Å²) in [6, 6.07) is 0. The van der Waals surface area contributed by atoms with Crippen LogP contribution in [0.1, 0.15) is 38.5 Å². The number of likely N-dealkylation sites (tertiary alicyclic amines) is 1. The van der Waals surface area contributed by atoms with Gasteiger partial charge in [-0.25, -0.2) is 0 Å². The van der Waals surface area contributed by atoms with Crippen molar-refractivity contribution in [3.8, 4) is 0 Å². The van der Waals surface area contributed by atoms with Gasteiger partial charge in [-0.3, -0.25) is 0 Å². The van der Waals surface area contributed by atoms with E-state index in [0.29, 0.717) is 0 Å². The van der Waals surface area contributed by atoms with E-state index in [2.05, 4.69) is 11.9 Å². The lowest BCUT2D eigenvalue weighted by Gasteiger charge is -2.37. The smallest absolute Gasteiger partial charge is 0.000683 e. The highest BCUT2D eigenvalue weighted by Crippen LogP contribution is 2.31. The molecule has 1 aliphatic carbocycles. The molecule has 0 aromatic rings. The standard InChI is InChI=1S/C11H21N/c1-12-8-10-5-3-2-4-6-11(7-10)9-12/h10-11H,2-9H2,1H3. The van der Waals surface area contributed by atoms with Gasteiger partial charge in [0.25, 0.3) is 0 Å². The summed E-state index contributed by atoms with van der Waals surface area (Å²) >= 11 is 0. The zero-order valence-corrected chi connectivity index (χ0v) is 8.26. The van der Waals surface area contributed by atoms with Crippen molar-refractivity contribution in [1.82, 2.24) is 4.90 Å². The van der Waals surface area contributed by atoms with Crippen LogP contribution in [0.2, 0.25) is 0 Å². The Hall–Kier alpha value is -0.0400. The average Bonchev–Trinajstić information content (AvgIpc) is 2.00. The maximum absolute atomic E-state index is 2.55. The van der Waals surface area contributed by atoms with Gasteiger partial charge in [-0.2, -0.15) is 0 Å². The molecule has 2 atom stereocenters. The van der Waals surface area contributed by atoms with Crippen LogP contribution < -0.4 is 0 Å². The van der Waals surface area contributed by atoms with Gasteiger partial charge in [0.15, 0.2) is 0 Å². The molecule has 2 aliphatic rings. The molecule has 0 spiro atoms. The molecule has 1 saturated carbocycles. The highest BCUT2D eigenvalue weighted by Gasteiger charge is 2.25. The molecule has 12 heavy (non-hydrogen) atoms. The van der Waals surface area contributed by atoms with E-state index in [1.54, 1.807) is 0 Å². The minimum atomic E-state index is 1.04. The van der Waals surface area contributed by atoms with Gasteiger partial charge in [-0.1, -0.05) is 19.3 Å². The maximum Gasteiger partial charge on any atom is 0.000683 e. The third-order valence-corrected chi connectivity index (χ3v) is 3.53. The van der Waals surface area contributed by atoms with Gasteiger partial charge in [0, 0.05) is 13.1 Å². The Labute approximate surface area is 76.1 Å². The molecule has 0 aromatic carbocycles. The van der Waals surface area contributed by atoms with Crippen LogP contribution in [0.15, 0.2) is 0 Å². The van der Waals surface area contributed by atoms with Gasteiger partial charge >= 0.3 is 0 Å². The van der Waals surface area contributed by atoms with Crippen LogP contribution in [0.25, 0.3) is 0 Å². The summed E-state index contributed by atoms with van der Waals surface area (Å²) in [5, 5.41) is 0. The van der Waals surface area contributed by atoms with E-state index in [-0.39, 0.29) is 0 Å². The van der Waals surface area contributed by atoms with Gasteiger partial charge in [0.05, 0.1) is 0 Å². The Morgan fingerprint density at radius 2 is 1.50 bits per heavy atom. The maximum atomic E-state index is 2.55. The summed E-state index contributed by atoms with van der Waals surface area (Å²) in [6.45, 7) is 2.74. The van der Waals surface area contributed by atoms with Crippen LogP contribution in [0.4, 0.5) is 0 Å². The van der Waals surface area contributed by atoms with Gasteiger partial charge < -0.3 is 4.90 Å². The first-order valence-electron chi connectivity index (χ1n) is 5.53. The fourth-order valence-electron chi connectivity index (χ4n) is 3.04. The topological polar surface area (TPSA) is 3.24 Å². The summed E-state index contributed by atoms with van der Waals surface area (Å²) in [5.74, 6) is 2.07. The minimum Gasteiger partial charge on any atom is -0.306 e. The van der Waals surface area contributed by atoms with E-state index >= 15 is 0 Å². The quantitative estimate of drug-likeness (QED) is 0.536. The second kappa shape index (κ2) is 3.78. The van der Waals surface area contributed by atoms with Crippen molar-refractivity contribution < 1.29 is 0 Å². The van der Waals surface area contributed by atoms with Gasteiger partial charge in [-0.15, -0.1) is 0 Å². The molecule has 1 heteroatoms. The number of rotatable bonds is 0. The van der Waals surface area contributed by atoms with Crippen LogP contribution in [0, 0.1) is 11.8 Å². The molecule has 70 valence electrons. The number of fused-ring (bicyclic) bond motifs is 2. The minimum absolute atomic E-state index is 1.04. The molecular weight excluding hydrogens is 146 g/mol. The first kappa shape index (κ1) is 8.55. The van der Waals surface area contributed by atoms with Crippen molar-refractivity contribution in [3.63, 3.8) is 0 Å². The molecule has 1 aliphatic heterocycles. The zero-order chi connectivity index (χ0) is 8.39. The number of hydrogen-bond donors (Lipinski definition) is 0. The molecule has 2 rings (SSSR count). The van der Waals surface area contributed by atoms with Crippen LogP contribution in [0.5, 0.6) is 0 Å². The lowest BCUT2D eigenvalue weighted by molar-refractivity contribution is 0.127. The molecule has 0 amide bonds. The highest BCUT2D eigenvalue weighted by molar-refractivity contribution is 4.79. The van der Waals surface area contributed by atoms with Crippen LogP contribution in [-0.4, -0.2) is 25.0 Å². The van der Waals surface area contributed by atoms with Crippen LogP contribution >= 0.6 is 0 Å². The van der Waals surface area contributed by atoms with Gasteiger partial charge in [0.1, 0.15) is 0 Å². The first-order chi connectivity index (χ1) is 5.84. The van der Waals surface area contributed by atoms with E-state index in [9.17, 15) is 0 Å². The van der Waals surface area contributed by atoms with Crippen molar-refractivity contribution in [2.24, 2.45) is 11.8 Å². The molecule has 0 radical (unpaired) electrons. The summed E-state index contributed by atoms with van der Waals surface area (Å²) < 4.78 is 0. The molecule has 1 heterocycles. The molecule has 1 nitrogen and oxygen atoms in total. The summed E-state index contributed by atoms with van der Waals surface area (Å²) in [6.07, 6.45) is 9.01. The van der Waals surface area contributed by atoms with E-state index < -0.39 is 0 Å². The molecular formula is C11H21N. The summed E-state index contributed by atoms with van der Waals surface area (Å²) in [5.41, 5.74) is 0. The number of nitrogens with zero attached hydrogens (tertiary/aromatic N) is 1. The van der Waals surface area contributed by atoms with Crippen molar-refractivity contribution in [1.29, 1.82) is 0 Å². The molecule has 0 aromatic heterocycles. The van der Waals surface area contributed by atoms with Crippen molar-refractivity contribution in [2.75, 3.05) is 20.1 Å². The van der Waals surface area contributed by atoms with Crippen LogP contribution in [-0.2, 0) is 0 Å². The van der Waals surface area contributed by atoms with E-state index in [1.807, 2.05) is 0 Å². The van der Waals surface area contributed by atoms with Crippen molar-refractivity contribution in [2.45, 2.75) is 38.5 Å². The van der Waals surface area contributed by atoms with E-state index in [0.717, 1.165) is 11.8 Å². The second-order valence-corrected chi connectivity index (χ2v) is 4.83. The summed E-state index contributed by atoms with van der Waals surface area (Å²) in [4.78, 5) is 2.55. The largest absolute Gasteiger partial charge is 0.306 e. The third kappa shape index (κ3) is 2.01. The molecule has 2 bridgehead atoms. The fourth-order valence-corrected chi connectivity index (χ4v) is 3.04. The molecule has 1 saturated heterocycles. The monoisotopic (exact) mass is 167 g/mol. The number of piperidine rings is 1. The average molecular weight is 167 g/mol. The molecule has 0 N–H and O–H groups in total. The summed E-state index contributed by atoms with van der Waals surface area (Å²) in [7, 11) is 2.29. The predicted molar refractivity (Wildman–Crippen MR) is 52.2 cm³/mol. The van der Waals surface area contributed by atoms with E-state index in [1.165, 1.54) is 51.6 Å². The Kier molecular flexibility index (Phi) is 2.69. The Morgan fingerprint density at radius 1 is 0.917 bits per heavy atom. The Balaban J connectivity index is 1.94. The number of hydrogen-bond acceptors (Lipinski definition) is 1. The highest BCUT2D eigenvalue weighted by atomic mass is 15.1. The Morgan fingerprint density at radius 3 is 2.08 bits per heavy atom. The lowest BCUT2D eigenvalue weighted by Crippen LogP contribution is -2.38. The van der Waals surface area contributed by atoms with E-state index in [4.69, 9.17) is 0 Å².